The van der Waals surface area contributed by atoms with Crippen LogP contribution in [0, 0.1) is 5.41 Å². The predicted octanol–water partition coefficient (Wildman–Crippen LogP) is 1.82. The molecular formula is C12H10Cl2N4O. The van der Waals surface area contributed by atoms with Gasteiger partial charge in [-0.15, -0.1) is 0 Å². The fourth-order valence-corrected chi connectivity index (χ4v) is 1.96. The van der Waals surface area contributed by atoms with E-state index in [9.17, 15) is 4.79 Å². The molecule has 0 aromatic carbocycles. The zero-order valence-corrected chi connectivity index (χ0v) is 11.2. The summed E-state index contributed by atoms with van der Waals surface area (Å²) in [6, 6.07) is 4.82. The fraction of sp³-hybridized carbons (Fsp3) is 0.0833. The van der Waals surface area contributed by atoms with E-state index in [1.165, 1.54) is 10.6 Å². The molecule has 0 bridgehead atoms. The van der Waals surface area contributed by atoms with Crippen LogP contribution in [0.4, 0.5) is 0 Å². The lowest BCUT2D eigenvalue weighted by molar-refractivity contribution is 0.0998. The Hall–Kier alpha value is -1.85. The number of carbonyl (C=O) groups is 1. The molecule has 1 amide bonds. The molecule has 2 heterocycles. The molecule has 0 spiro atoms. The van der Waals surface area contributed by atoms with Gasteiger partial charge in [-0.3, -0.25) is 10.2 Å². The summed E-state index contributed by atoms with van der Waals surface area (Å²) < 4.78 is 1.52. The maximum absolute atomic E-state index is 11.2. The van der Waals surface area contributed by atoms with Gasteiger partial charge in [0.1, 0.15) is 10.6 Å². The van der Waals surface area contributed by atoms with Gasteiger partial charge in [0, 0.05) is 12.4 Å². The van der Waals surface area contributed by atoms with Crippen LogP contribution in [-0.4, -0.2) is 15.5 Å². The summed E-state index contributed by atoms with van der Waals surface area (Å²) in [6.07, 6.45) is 3.16. The number of rotatable bonds is 3. The van der Waals surface area contributed by atoms with Gasteiger partial charge < -0.3 is 10.3 Å². The lowest BCUT2D eigenvalue weighted by atomic mass is 10.2. The third-order valence-electron chi connectivity index (χ3n) is 2.51. The number of hydrogen-bond acceptors (Lipinski definition) is 3. The first-order chi connectivity index (χ1) is 8.97. The molecule has 0 saturated heterocycles. The van der Waals surface area contributed by atoms with E-state index in [1.54, 1.807) is 24.5 Å². The number of nitrogens with zero attached hydrogens (tertiary/aromatic N) is 2. The normalized spacial score (nSPS) is 10.4. The largest absolute Gasteiger partial charge is 0.365 e. The molecule has 0 radical (unpaired) electrons. The van der Waals surface area contributed by atoms with E-state index in [2.05, 4.69) is 4.98 Å². The molecule has 2 aromatic heterocycles. The van der Waals surface area contributed by atoms with E-state index in [0.29, 0.717) is 16.7 Å². The second-order valence-electron chi connectivity index (χ2n) is 3.90. The van der Waals surface area contributed by atoms with Gasteiger partial charge in [-0.25, -0.2) is 4.98 Å². The molecule has 0 aliphatic heterocycles. The molecule has 2 rings (SSSR count). The van der Waals surface area contributed by atoms with Crippen LogP contribution in [-0.2, 0) is 6.54 Å². The van der Waals surface area contributed by atoms with E-state index in [0.717, 1.165) is 5.56 Å². The number of primary amides is 1. The molecule has 19 heavy (non-hydrogen) atoms. The van der Waals surface area contributed by atoms with Gasteiger partial charge in [0.05, 0.1) is 17.1 Å². The minimum atomic E-state index is -0.685. The first kappa shape index (κ1) is 13.6. The van der Waals surface area contributed by atoms with Crippen molar-refractivity contribution in [2.45, 2.75) is 6.54 Å². The SMILES string of the molecule is N=c1c(C(N)=O)cc(Cl)cn1Cc1ccc(Cl)nc1. The Balaban J connectivity index is 2.43. The number of hydrogen-bond donors (Lipinski definition) is 2. The predicted molar refractivity (Wildman–Crippen MR) is 72.2 cm³/mol. The quantitative estimate of drug-likeness (QED) is 0.847. The van der Waals surface area contributed by atoms with Gasteiger partial charge in [0.15, 0.2) is 0 Å². The van der Waals surface area contributed by atoms with Crippen molar-refractivity contribution in [3.05, 3.63) is 57.4 Å². The van der Waals surface area contributed by atoms with Crippen LogP contribution >= 0.6 is 23.2 Å². The number of pyridine rings is 2. The zero-order valence-electron chi connectivity index (χ0n) is 9.73. The van der Waals surface area contributed by atoms with Crippen molar-refractivity contribution in [1.29, 1.82) is 5.41 Å². The van der Waals surface area contributed by atoms with Crippen molar-refractivity contribution in [3.63, 3.8) is 0 Å². The molecule has 0 aliphatic carbocycles. The second-order valence-corrected chi connectivity index (χ2v) is 4.73. The molecule has 0 atom stereocenters. The van der Waals surface area contributed by atoms with Crippen LogP contribution in [0.1, 0.15) is 15.9 Å². The number of nitrogens with one attached hydrogen (secondary N) is 1. The molecule has 98 valence electrons. The third-order valence-corrected chi connectivity index (χ3v) is 2.94. The number of amides is 1. The average Bonchev–Trinajstić information content (AvgIpc) is 2.35. The Morgan fingerprint density at radius 2 is 2.16 bits per heavy atom. The highest BCUT2D eigenvalue weighted by atomic mass is 35.5. The van der Waals surface area contributed by atoms with Crippen LogP contribution in [0.5, 0.6) is 0 Å². The van der Waals surface area contributed by atoms with E-state index in [4.69, 9.17) is 34.3 Å². The zero-order chi connectivity index (χ0) is 14.0. The summed E-state index contributed by atoms with van der Waals surface area (Å²) in [5.74, 6) is -0.685. The summed E-state index contributed by atoms with van der Waals surface area (Å²) in [7, 11) is 0. The molecule has 5 nitrogen and oxygen atoms in total. The Morgan fingerprint density at radius 3 is 2.74 bits per heavy atom. The minimum Gasteiger partial charge on any atom is -0.365 e. The van der Waals surface area contributed by atoms with Crippen molar-refractivity contribution < 1.29 is 4.79 Å². The highest BCUT2D eigenvalue weighted by molar-refractivity contribution is 6.30. The Morgan fingerprint density at radius 1 is 1.42 bits per heavy atom. The molecule has 0 fully saturated rings. The number of halogens is 2. The highest BCUT2D eigenvalue weighted by Gasteiger charge is 2.08. The summed E-state index contributed by atoms with van der Waals surface area (Å²) in [6.45, 7) is 0.351. The van der Waals surface area contributed by atoms with Crippen LogP contribution in [0.15, 0.2) is 30.6 Å². The molecular weight excluding hydrogens is 287 g/mol. The lowest BCUT2D eigenvalue weighted by Gasteiger charge is -2.09. The topological polar surface area (TPSA) is 84.8 Å². The van der Waals surface area contributed by atoms with E-state index in [-0.39, 0.29) is 11.1 Å². The van der Waals surface area contributed by atoms with Gasteiger partial charge in [-0.05, 0) is 17.7 Å². The lowest BCUT2D eigenvalue weighted by Crippen LogP contribution is -2.29. The van der Waals surface area contributed by atoms with Crippen LogP contribution in [0.25, 0.3) is 0 Å². The first-order valence-corrected chi connectivity index (χ1v) is 6.08. The number of carbonyl (C=O) groups excluding carboxylic acids is 1. The van der Waals surface area contributed by atoms with Gasteiger partial charge in [-0.2, -0.15) is 0 Å². The van der Waals surface area contributed by atoms with Crippen molar-refractivity contribution in [1.82, 2.24) is 9.55 Å². The maximum Gasteiger partial charge on any atom is 0.252 e. The van der Waals surface area contributed by atoms with Crippen molar-refractivity contribution >= 4 is 29.1 Å². The fourth-order valence-electron chi connectivity index (χ4n) is 1.62. The first-order valence-electron chi connectivity index (χ1n) is 5.32. The number of nitrogens with two attached hydrogens (primary N) is 1. The van der Waals surface area contributed by atoms with Gasteiger partial charge in [0.2, 0.25) is 0 Å². The summed E-state index contributed by atoms with van der Waals surface area (Å²) >= 11 is 11.6. The van der Waals surface area contributed by atoms with Crippen LogP contribution < -0.4 is 11.2 Å². The Kier molecular flexibility index (Phi) is 3.87. The maximum atomic E-state index is 11.2. The third kappa shape index (κ3) is 3.13. The monoisotopic (exact) mass is 296 g/mol. The Bertz CT molecular complexity index is 679. The molecule has 7 heteroatoms. The van der Waals surface area contributed by atoms with Crippen LogP contribution in [0.3, 0.4) is 0 Å². The van der Waals surface area contributed by atoms with Crippen molar-refractivity contribution in [3.8, 4) is 0 Å². The molecule has 0 saturated carbocycles. The van der Waals surface area contributed by atoms with Crippen molar-refractivity contribution in [2.75, 3.05) is 0 Å². The number of aromatic nitrogens is 2. The summed E-state index contributed by atoms with van der Waals surface area (Å²) in [4.78, 5) is 15.2. The summed E-state index contributed by atoms with van der Waals surface area (Å²) in [5, 5.41) is 8.65. The van der Waals surface area contributed by atoms with E-state index >= 15 is 0 Å². The standard InChI is InChI=1S/C12H10Cl2N4O/c13-8-3-9(12(16)19)11(15)18(6-8)5-7-1-2-10(14)17-4-7/h1-4,6,15H,5H2,(H2,16,19). The minimum absolute atomic E-state index is 0.00634. The molecule has 0 unspecified atom stereocenters. The summed E-state index contributed by atoms with van der Waals surface area (Å²) in [5.41, 5.74) is 6.12. The van der Waals surface area contributed by atoms with Gasteiger partial charge in [0.25, 0.3) is 5.91 Å². The highest BCUT2D eigenvalue weighted by Crippen LogP contribution is 2.10. The average molecular weight is 297 g/mol. The van der Waals surface area contributed by atoms with E-state index in [1.807, 2.05) is 0 Å². The molecule has 2 aromatic rings. The smallest absolute Gasteiger partial charge is 0.252 e. The van der Waals surface area contributed by atoms with E-state index < -0.39 is 5.91 Å². The molecule has 0 aliphatic rings. The molecule has 3 N–H and O–H groups in total. The van der Waals surface area contributed by atoms with Crippen LogP contribution in [0.2, 0.25) is 10.2 Å². The second kappa shape index (κ2) is 5.42. The van der Waals surface area contributed by atoms with Gasteiger partial charge >= 0.3 is 0 Å². The van der Waals surface area contributed by atoms with Crippen molar-refractivity contribution in [2.24, 2.45) is 5.73 Å². The Labute approximate surface area is 119 Å². The van der Waals surface area contributed by atoms with Gasteiger partial charge in [-0.1, -0.05) is 29.3 Å².